The van der Waals surface area contributed by atoms with E-state index < -0.39 is 10.0 Å². The third kappa shape index (κ3) is 5.77. The summed E-state index contributed by atoms with van der Waals surface area (Å²) in [5, 5.41) is 2.93. The van der Waals surface area contributed by atoms with Gasteiger partial charge in [0.15, 0.2) is 17.3 Å². The van der Waals surface area contributed by atoms with Crippen molar-refractivity contribution in [3.63, 3.8) is 0 Å². The zero-order chi connectivity index (χ0) is 23.8. The van der Waals surface area contributed by atoms with Gasteiger partial charge in [0.2, 0.25) is 5.82 Å². The van der Waals surface area contributed by atoms with E-state index in [4.69, 9.17) is 14.2 Å². The Morgan fingerprint density at radius 2 is 1.61 bits per heavy atom. The van der Waals surface area contributed by atoms with Crippen LogP contribution in [0.4, 0.5) is 11.5 Å². The second-order valence-corrected chi connectivity index (χ2v) is 8.14. The van der Waals surface area contributed by atoms with E-state index in [1.165, 1.54) is 58.1 Å². The van der Waals surface area contributed by atoms with Crippen molar-refractivity contribution in [1.29, 1.82) is 0 Å². The SMILES string of the molecule is COc1ccc(C(=O)/C=C\Nc2ccc(S(=O)(=O)Nc3nccnc3OC)cc2)cc1OC. The van der Waals surface area contributed by atoms with Crippen LogP contribution in [0.25, 0.3) is 0 Å². The van der Waals surface area contributed by atoms with Crippen LogP contribution in [0, 0.1) is 0 Å². The van der Waals surface area contributed by atoms with E-state index >= 15 is 0 Å². The summed E-state index contributed by atoms with van der Waals surface area (Å²) in [6, 6.07) is 10.8. The third-order valence-corrected chi connectivity index (χ3v) is 5.76. The number of allylic oxidation sites excluding steroid dienone is 1. The van der Waals surface area contributed by atoms with Gasteiger partial charge in [0.05, 0.1) is 26.2 Å². The molecule has 0 spiro atoms. The summed E-state index contributed by atoms with van der Waals surface area (Å²) in [4.78, 5) is 20.2. The molecule has 0 aliphatic heterocycles. The minimum Gasteiger partial charge on any atom is -0.493 e. The number of ketones is 1. The van der Waals surface area contributed by atoms with Crippen LogP contribution >= 0.6 is 0 Å². The molecule has 10 nitrogen and oxygen atoms in total. The summed E-state index contributed by atoms with van der Waals surface area (Å²) in [6.07, 6.45) is 5.56. The molecule has 0 fully saturated rings. The number of nitrogens with zero attached hydrogens (tertiary/aromatic N) is 2. The minimum atomic E-state index is -3.90. The van der Waals surface area contributed by atoms with Crippen LogP contribution in [0.2, 0.25) is 0 Å². The third-order valence-electron chi connectivity index (χ3n) is 4.41. The molecule has 3 aromatic rings. The number of methoxy groups -OCH3 is 3. The van der Waals surface area contributed by atoms with Gasteiger partial charge in [0.1, 0.15) is 0 Å². The van der Waals surface area contributed by atoms with Crippen LogP contribution < -0.4 is 24.2 Å². The fourth-order valence-corrected chi connectivity index (χ4v) is 3.77. The number of sulfonamides is 1. The standard InChI is InChI=1S/C22H22N4O6S/c1-30-19-9-4-15(14-20(19)31-2)18(27)10-11-23-16-5-7-17(8-6-16)33(28,29)26-21-22(32-3)25-13-12-24-21/h4-14,23H,1-3H3,(H,24,26)/b11-10-. The van der Waals surface area contributed by atoms with Crippen molar-refractivity contribution >= 4 is 27.3 Å². The summed E-state index contributed by atoms with van der Waals surface area (Å²) < 4.78 is 42.9. The predicted octanol–water partition coefficient (Wildman–Crippen LogP) is 3.11. The smallest absolute Gasteiger partial charge is 0.263 e. The lowest BCUT2D eigenvalue weighted by molar-refractivity contribution is 0.104. The number of hydrogen-bond acceptors (Lipinski definition) is 9. The molecule has 1 heterocycles. The number of aromatic nitrogens is 2. The maximum atomic E-state index is 12.6. The van der Waals surface area contributed by atoms with Gasteiger partial charge in [-0.05, 0) is 42.5 Å². The van der Waals surface area contributed by atoms with Gasteiger partial charge < -0.3 is 19.5 Å². The Labute approximate surface area is 191 Å². The lowest BCUT2D eigenvalue weighted by atomic mass is 10.1. The molecule has 0 bridgehead atoms. The van der Waals surface area contributed by atoms with E-state index in [1.54, 1.807) is 30.3 Å². The molecule has 0 atom stereocenters. The first kappa shape index (κ1) is 23.5. The Bertz CT molecular complexity index is 1260. The van der Waals surface area contributed by atoms with Crippen molar-refractivity contribution in [3.05, 3.63) is 72.7 Å². The first-order valence-corrected chi connectivity index (χ1v) is 11.0. The predicted molar refractivity (Wildman–Crippen MR) is 122 cm³/mol. The lowest BCUT2D eigenvalue weighted by Gasteiger charge is -2.10. The van der Waals surface area contributed by atoms with Gasteiger partial charge in [-0.25, -0.2) is 18.4 Å². The summed E-state index contributed by atoms with van der Waals surface area (Å²) >= 11 is 0. The molecule has 0 amide bonds. The molecule has 0 aliphatic carbocycles. The van der Waals surface area contributed by atoms with Crippen molar-refractivity contribution in [3.8, 4) is 17.4 Å². The maximum absolute atomic E-state index is 12.6. The fraction of sp³-hybridized carbons (Fsp3) is 0.136. The summed E-state index contributed by atoms with van der Waals surface area (Å²) in [5.74, 6) is 0.778. The van der Waals surface area contributed by atoms with Crippen LogP contribution in [-0.2, 0) is 10.0 Å². The van der Waals surface area contributed by atoms with Crippen LogP contribution in [0.1, 0.15) is 10.4 Å². The molecule has 33 heavy (non-hydrogen) atoms. The van der Waals surface area contributed by atoms with Crippen molar-refractivity contribution < 1.29 is 27.4 Å². The number of benzene rings is 2. The number of rotatable bonds is 10. The van der Waals surface area contributed by atoms with Gasteiger partial charge in [0.25, 0.3) is 15.9 Å². The van der Waals surface area contributed by atoms with Crippen LogP contribution in [-0.4, -0.2) is 45.5 Å². The minimum absolute atomic E-state index is 0.0150. The van der Waals surface area contributed by atoms with Crippen molar-refractivity contribution in [2.45, 2.75) is 4.90 Å². The Hall–Kier alpha value is -4.12. The monoisotopic (exact) mass is 470 g/mol. The van der Waals surface area contributed by atoms with E-state index in [0.29, 0.717) is 22.7 Å². The van der Waals surface area contributed by atoms with Gasteiger partial charge in [-0.15, -0.1) is 0 Å². The number of ether oxygens (including phenoxy) is 3. The van der Waals surface area contributed by atoms with Crippen LogP contribution in [0.5, 0.6) is 17.4 Å². The molecule has 1 aromatic heterocycles. The fourth-order valence-electron chi connectivity index (χ4n) is 2.76. The quantitative estimate of drug-likeness (QED) is 0.339. The highest BCUT2D eigenvalue weighted by Crippen LogP contribution is 2.28. The van der Waals surface area contributed by atoms with Gasteiger partial charge in [-0.1, -0.05) is 0 Å². The van der Waals surface area contributed by atoms with Crippen molar-refractivity contribution in [1.82, 2.24) is 9.97 Å². The van der Waals surface area contributed by atoms with E-state index in [1.807, 2.05) is 0 Å². The average Bonchev–Trinajstić information content (AvgIpc) is 2.84. The summed E-state index contributed by atoms with van der Waals surface area (Å²) in [6.45, 7) is 0. The largest absolute Gasteiger partial charge is 0.493 e. The molecule has 0 saturated heterocycles. The van der Waals surface area contributed by atoms with E-state index in [-0.39, 0.29) is 22.4 Å². The van der Waals surface area contributed by atoms with Crippen LogP contribution in [0.15, 0.2) is 72.0 Å². The summed E-state index contributed by atoms with van der Waals surface area (Å²) in [7, 11) is 0.476. The molecule has 2 N–H and O–H groups in total. The summed E-state index contributed by atoms with van der Waals surface area (Å²) in [5.41, 5.74) is 1.01. The zero-order valence-electron chi connectivity index (χ0n) is 18.1. The van der Waals surface area contributed by atoms with Crippen molar-refractivity contribution in [2.75, 3.05) is 31.4 Å². The highest BCUT2D eigenvalue weighted by Gasteiger charge is 2.18. The van der Waals surface area contributed by atoms with Gasteiger partial charge >= 0.3 is 0 Å². The highest BCUT2D eigenvalue weighted by molar-refractivity contribution is 7.92. The molecule has 0 unspecified atom stereocenters. The number of anilines is 2. The lowest BCUT2D eigenvalue weighted by Crippen LogP contribution is -2.15. The first-order chi connectivity index (χ1) is 15.9. The number of carbonyl (C=O) groups excluding carboxylic acids is 1. The second kappa shape index (κ2) is 10.5. The number of hydrogen-bond donors (Lipinski definition) is 2. The molecular formula is C22H22N4O6S. The van der Waals surface area contributed by atoms with E-state index in [2.05, 4.69) is 20.0 Å². The van der Waals surface area contributed by atoms with Gasteiger partial charge in [-0.3, -0.25) is 9.52 Å². The molecule has 0 radical (unpaired) electrons. The average molecular weight is 471 g/mol. The molecule has 11 heteroatoms. The molecule has 2 aromatic carbocycles. The van der Waals surface area contributed by atoms with Gasteiger partial charge in [0, 0.05) is 35.9 Å². The molecule has 0 saturated carbocycles. The Kier molecular flexibility index (Phi) is 7.46. The van der Waals surface area contributed by atoms with Crippen LogP contribution in [0.3, 0.4) is 0 Å². The van der Waals surface area contributed by atoms with E-state index in [9.17, 15) is 13.2 Å². The maximum Gasteiger partial charge on any atom is 0.263 e. The van der Waals surface area contributed by atoms with Gasteiger partial charge in [-0.2, -0.15) is 0 Å². The molecule has 172 valence electrons. The topological polar surface area (TPSA) is 129 Å². The molecule has 3 rings (SSSR count). The molecule has 0 aliphatic rings. The normalized spacial score (nSPS) is 11.1. The highest BCUT2D eigenvalue weighted by atomic mass is 32.2. The second-order valence-electron chi connectivity index (χ2n) is 6.46. The number of nitrogens with one attached hydrogen (secondary N) is 2. The van der Waals surface area contributed by atoms with Crippen molar-refractivity contribution in [2.24, 2.45) is 0 Å². The Morgan fingerprint density at radius 3 is 2.27 bits per heavy atom. The Balaban J connectivity index is 1.66. The van der Waals surface area contributed by atoms with E-state index in [0.717, 1.165) is 0 Å². The first-order valence-electron chi connectivity index (χ1n) is 9.55. The zero-order valence-corrected chi connectivity index (χ0v) is 18.9. The number of carbonyl (C=O) groups is 1. The Morgan fingerprint density at radius 1 is 0.909 bits per heavy atom. The molecular weight excluding hydrogens is 448 g/mol.